The summed E-state index contributed by atoms with van der Waals surface area (Å²) in [5, 5.41) is 12.7. The number of piperazine rings is 4. The third-order valence-corrected chi connectivity index (χ3v) is 33.1. The fraction of sp³-hybridized carbons (Fsp3) is 0.265. The Morgan fingerprint density at radius 2 is 0.493 bits per heavy atom. The van der Waals surface area contributed by atoms with Crippen molar-refractivity contribution in [1.29, 1.82) is 0 Å². The number of hydrogen-bond acceptors (Lipinski definition) is 16. The van der Waals surface area contributed by atoms with Crippen LogP contribution in [0.4, 0.5) is 66.7 Å². The molecule has 20 rings (SSSR count). The van der Waals surface area contributed by atoms with Gasteiger partial charge in [-0.05, 0) is 171 Å². The highest BCUT2D eigenvalue weighted by molar-refractivity contribution is 7.91. The van der Waals surface area contributed by atoms with Crippen LogP contribution in [-0.2, 0) is 40.1 Å². The average molecular weight is 1960 g/mol. The largest absolute Gasteiger partial charge is 0.369 e. The van der Waals surface area contributed by atoms with E-state index in [0.717, 1.165) is 223 Å². The maximum Gasteiger partial charge on any atom is 0.268 e. The number of benzene rings is 12. The SMILES string of the molecule is Cc1c(N2CCN(C)CC2)cc(S(=O)(=O)n2cc(C(F)F)c3ccc(Cl)cc32)c2ccccc12.Cc1c(N2CCN(C)CC2)cc(S(=O)(=O)n2cc(C(F)F)c3ccc(F)cc32)c2ccccc12.Cc1c(N2CCNCC2)cc(S(=O)(=O)n2cc(C(F)F)c3ccc(Cl)cc32)c2ccccc12.Cc1c(N2CCNCC2)cc(S(=O)(=O)n2cc(C(F)F)c3ccc(F)cc32)c2ccccc12. The highest BCUT2D eigenvalue weighted by Crippen LogP contribution is 2.46. The first-order valence-corrected chi connectivity index (χ1v) is 49.7. The summed E-state index contributed by atoms with van der Waals surface area (Å²) in [4.78, 5) is 13.2. The van der Waals surface area contributed by atoms with Gasteiger partial charge in [0.25, 0.3) is 65.8 Å². The summed E-state index contributed by atoms with van der Waals surface area (Å²) < 4.78 is 253. The topological polar surface area (TPSA) is 200 Å². The molecule has 36 heteroatoms. The standard InChI is InChI=1S/C25H24ClF2N3O2S.C25H24F3N3O2S.C24H22ClF2N3O2S.C24H22F3N3O2S/c2*1-16-18-5-3-4-6-20(18)24(14-22(16)30-11-9-29(2)10-12-30)34(32,33)31-15-21(25(27)28)19-8-7-17(26)13-23(19)31;2*1-15-17-4-2-3-5-19(17)23(13-21(15)29-10-8-28-9-11-29)33(31,32)30-14-20(24(26)27)18-7-6-16(25)12-22(18)30/h2*3-8,13-15,25H,9-12H2,1-2H3;2*2-7,12-14,24,28H,8-11H2,1H3. The number of rotatable bonds is 16. The molecule has 4 aromatic heterocycles. The van der Waals surface area contributed by atoms with Gasteiger partial charge in [0.1, 0.15) is 11.6 Å². The number of nitrogens with zero attached hydrogens (tertiary/aromatic N) is 10. The summed E-state index contributed by atoms with van der Waals surface area (Å²) in [6.07, 6.45) is -7.60. The van der Waals surface area contributed by atoms with Gasteiger partial charge in [0.05, 0.1) is 41.6 Å². The first kappa shape index (κ1) is 94.3. The van der Waals surface area contributed by atoms with Gasteiger partial charge in [0.2, 0.25) is 0 Å². The van der Waals surface area contributed by atoms with Gasteiger partial charge in [0.15, 0.2) is 0 Å². The number of aromatic nitrogens is 4. The van der Waals surface area contributed by atoms with E-state index in [0.29, 0.717) is 34.6 Å². The third kappa shape index (κ3) is 17.6. The van der Waals surface area contributed by atoms with Crippen LogP contribution in [0.25, 0.3) is 86.7 Å². The highest BCUT2D eigenvalue weighted by Gasteiger charge is 2.36. The number of nitrogens with one attached hydrogen (secondary N) is 2. The second-order valence-electron chi connectivity index (χ2n) is 33.7. The van der Waals surface area contributed by atoms with Gasteiger partial charge in [-0.2, -0.15) is 0 Å². The monoisotopic (exact) mass is 1950 g/mol. The molecule has 0 aliphatic carbocycles. The lowest BCUT2D eigenvalue weighted by Crippen LogP contribution is -2.44. The molecule has 8 heterocycles. The Labute approximate surface area is 777 Å². The smallest absolute Gasteiger partial charge is 0.268 e. The average Bonchev–Trinajstić information content (AvgIpc) is 1.45. The van der Waals surface area contributed by atoms with E-state index in [9.17, 15) is 77.6 Å². The summed E-state index contributed by atoms with van der Waals surface area (Å²) in [7, 11) is -13.0. The Morgan fingerprint density at radius 1 is 0.276 bits per heavy atom. The second kappa shape index (κ2) is 37.7. The zero-order chi connectivity index (χ0) is 95.1. The fourth-order valence-electron chi connectivity index (χ4n) is 18.7. The molecule has 4 aliphatic heterocycles. The van der Waals surface area contributed by atoms with Crippen molar-refractivity contribution in [3.05, 3.63) is 285 Å². The van der Waals surface area contributed by atoms with Crippen LogP contribution in [0.3, 0.4) is 0 Å². The van der Waals surface area contributed by atoms with Crippen LogP contribution in [0.1, 0.15) is 70.2 Å². The minimum atomic E-state index is -4.33. The van der Waals surface area contributed by atoms with Gasteiger partial charge >= 0.3 is 0 Å². The van der Waals surface area contributed by atoms with Crippen molar-refractivity contribution in [2.45, 2.75) is 73.0 Å². The molecule has 0 saturated carbocycles. The van der Waals surface area contributed by atoms with E-state index in [4.69, 9.17) is 23.2 Å². The number of hydrogen-bond donors (Lipinski definition) is 2. The molecular formula is C98H92Cl2F10N12O8S4. The molecule has 20 nitrogen and oxygen atoms in total. The number of halogens is 12. The number of aryl methyl sites for hydroxylation is 4. The molecule has 4 aliphatic rings. The van der Waals surface area contributed by atoms with Crippen molar-refractivity contribution in [2.75, 3.05) is 138 Å². The minimum Gasteiger partial charge on any atom is -0.369 e. The van der Waals surface area contributed by atoms with Gasteiger partial charge < -0.3 is 40.0 Å². The lowest BCUT2D eigenvalue weighted by atomic mass is 10.0. The summed E-state index contributed by atoms with van der Waals surface area (Å²) in [5.41, 5.74) is 5.59. The Hall–Kier alpha value is -11.4. The van der Waals surface area contributed by atoms with E-state index in [1.165, 1.54) is 48.5 Å². The van der Waals surface area contributed by atoms with Crippen LogP contribution in [0.15, 0.2) is 238 Å². The van der Waals surface area contributed by atoms with Gasteiger partial charge in [0, 0.05) is 228 Å². The molecule has 4 saturated heterocycles. The van der Waals surface area contributed by atoms with Gasteiger partial charge in [-0.15, -0.1) is 0 Å². The predicted octanol–water partition coefficient (Wildman–Crippen LogP) is 21.0. The van der Waals surface area contributed by atoms with E-state index in [1.807, 2.05) is 83.3 Å². The normalized spacial score (nSPS) is 15.4. The molecule has 0 amide bonds. The molecule has 16 aromatic rings. The lowest BCUT2D eigenvalue weighted by molar-refractivity contribution is 0.152. The fourth-order valence-corrected chi connectivity index (χ4v) is 25.4. The van der Waals surface area contributed by atoms with Gasteiger partial charge in [-0.1, -0.05) is 132 Å². The highest BCUT2D eigenvalue weighted by atomic mass is 35.5. The first-order valence-electron chi connectivity index (χ1n) is 43.2. The number of fused-ring (bicyclic) bond motifs is 8. The predicted molar refractivity (Wildman–Crippen MR) is 512 cm³/mol. The van der Waals surface area contributed by atoms with E-state index in [1.54, 1.807) is 72.8 Å². The van der Waals surface area contributed by atoms with E-state index in [-0.39, 0.29) is 84.4 Å². The lowest BCUT2D eigenvalue weighted by Gasteiger charge is -2.35. The van der Waals surface area contributed by atoms with Gasteiger partial charge in [-0.25, -0.2) is 93.5 Å². The third-order valence-electron chi connectivity index (χ3n) is 25.7. The van der Waals surface area contributed by atoms with Crippen LogP contribution >= 0.6 is 23.2 Å². The summed E-state index contributed by atoms with van der Waals surface area (Å²) >= 11 is 12.2. The molecule has 0 atom stereocenters. The summed E-state index contributed by atoms with van der Waals surface area (Å²) in [6.45, 7) is 20.4. The van der Waals surface area contributed by atoms with Crippen molar-refractivity contribution in [3.8, 4) is 0 Å². The molecular weight excluding hydrogens is 1860 g/mol. The Balaban J connectivity index is 0.000000124. The Kier molecular flexibility index (Phi) is 26.5. The van der Waals surface area contributed by atoms with Crippen molar-refractivity contribution < 1.29 is 77.6 Å². The zero-order valence-electron chi connectivity index (χ0n) is 73.3. The van der Waals surface area contributed by atoms with E-state index >= 15 is 0 Å². The summed E-state index contributed by atoms with van der Waals surface area (Å²) in [6, 6.07) is 50.6. The molecule has 2 N–H and O–H groups in total. The molecule has 0 radical (unpaired) electrons. The van der Waals surface area contributed by atoms with E-state index in [2.05, 4.69) is 47.1 Å². The Morgan fingerprint density at radius 3 is 0.731 bits per heavy atom. The van der Waals surface area contributed by atoms with Gasteiger partial charge in [-0.3, -0.25) is 0 Å². The maximum absolute atomic E-state index is 14.1. The van der Waals surface area contributed by atoms with E-state index < -0.39 is 88.6 Å². The maximum atomic E-state index is 14.1. The molecule has 700 valence electrons. The molecule has 0 spiro atoms. The number of anilines is 4. The quantitative estimate of drug-likeness (QED) is 0.0865. The molecule has 134 heavy (non-hydrogen) atoms. The molecule has 12 aromatic carbocycles. The zero-order valence-corrected chi connectivity index (χ0v) is 78.1. The number of likely N-dealkylation sites (N-methyl/N-ethyl adjacent to an activating group) is 2. The van der Waals surface area contributed by atoms with Crippen LogP contribution in [0.2, 0.25) is 10.0 Å². The van der Waals surface area contributed by atoms with Crippen molar-refractivity contribution in [1.82, 2.24) is 36.3 Å². The van der Waals surface area contributed by atoms with Crippen LogP contribution in [0, 0.1) is 39.3 Å². The van der Waals surface area contributed by atoms with Crippen molar-refractivity contribution in [2.24, 2.45) is 0 Å². The van der Waals surface area contributed by atoms with Crippen molar-refractivity contribution >= 4 is 173 Å². The molecule has 0 unspecified atom stereocenters. The summed E-state index contributed by atoms with van der Waals surface area (Å²) in [5.74, 6) is -1.40. The first-order chi connectivity index (χ1) is 63.9. The Bertz CT molecular complexity index is 7340. The number of alkyl halides is 8. The van der Waals surface area contributed by atoms with Crippen LogP contribution in [-0.4, -0.2) is 178 Å². The molecule has 0 bridgehead atoms. The molecule has 4 fully saturated rings. The van der Waals surface area contributed by atoms with Crippen molar-refractivity contribution in [3.63, 3.8) is 0 Å². The second-order valence-corrected chi connectivity index (χ2v) is 41.7. The minimum absolute atomic E-state index is 0.000731. The van der Waals surface area contributed by atoms with Crippen LogP contribution in [0.5, 0.6) is 0 Å². The van der Waals surface area contributed by atoms with Crippen LogP contribution < -0.4 is 30.2 Å².